The average Bonchev–Trinajstić information content (AvgIpc) is 2.17. The zero-order valence-corrected chi connectivity index (χ0v) is 8.68. The van der Waals surface area contributed by atoms with Crippen molar-refractivity contribution in [3.63, 3.8) is 0 Å². The Morgan fingerprint density at radius 1 is 0.929 bits per heavy atom. The average molecular weight is 197 g/mol. The van der Waals surface area contributed by atoms with Gasteiger partial charge in [0.25, 0.3) is 0 Å². The molecular weight excluding hydrogens is 178 g/mol. The van der Waals surface area contributed by atoms with Gasteiger partial charge in [0.15, 0.2) is 0 Å². The highest BCUT2D eigenvalue weighted by atomic mass is 16.5. The van der Waals surface area contributed by atoms with Crippen molar-refractivity contribution >= 4 is 0 Å². The second-order valence-corrected chi connectivity index (χ2v) is 5.05. The summed E-state index contributed by atoms with van der Waals surface area (Å²) in [5.41, 5.74) is 0.288. The van der Waals surface area contributed by atoms with Crippen molar-refractivity contribution in [2.45, 2.75) is 49.8 Å². The van der Waals surface area contributed by atoms with E-state index in [2.05, 4.69) is 5.32 Å². The zero-order chi connectivity index (χ0) is 9.49. The van der Waals surface area contributed by atoms with Gasteiger partial charge in [-0.2, -0.15) is 0 Å². The van der Waals surface area contributed by atoms with Gasteiger partial charge >= 0.3 is 0 Å². The van der Waals surface area contributed by atoms with Gasteiger partial charge < -0.3 is 9.47 Å². The number of nitrogens with one attached hydrogen (secondary N) is 1. The first kappa shape index (κ1) is 9.13. The molecule has 0 amide bonds. The minimum atomic E-state index is 0.0142. The lowest BCUT2D eigenvalue weighted by atomic mass is 9.83. The summed E-state index contributed by atoms with van der Waals surface area (Å²) in [5.74, 6) is 0. The Labute approximate surface area is 85.1 Å². The fraction of sp³-hybridized carbons (Fsp3) is 1.00. The normalized spacial score (nSPS) is 34.3. The molecule has 2 aliphatic heterocycles. The third-order valence-corrected chi connectivity index (χ3v) is 3.87. The van der Waals surface area contributed by atoms with Gasteiger partial charge in [-0.05, 0) is 32.1 Å². The van der Waals surface area contributed by atoms with Crippen molar-refractivity contribution < 1.29 is 9.47 Å². The van der Waals surface area contributed by atoms with Crippen LogP contribution in [0.15, 0.2) is 0 Å². The number of ether oxygens (including phenoxy) is 2. The maximum Gasteiger partial charge on any atom is 0.119 e. The van der Waals surface area contributed by atoms with E-state index in [4.69, 9.17) is 9.47 Å². The summed E-state index contributed by atoms with van der Waals surface area (Å²) in [6.45, 7) is 2.69. The van der Waals surface area contributed by atoms with Crippen molar-refractivity contribution in [2.24, 2.45) is 0 Å². The van der Waals surface area contributed by atoms with E-state index in [-0.39, 0.29) is 11.3 Å². The Balaban J connectivity index is 1.73. The summed E-state index contributed by atoms with van der Waals surface area (Å²) in [5, 5.41) is 3.73. The quantitative estimate of drug-likeness (QED) is 0.637. The third-order valence-electron chi connectivity index (χ3n) is 3.87. The van der Waals surface area contributed by atoms with Gasteiger partial charge in [-0.15, -0.1) is 0 Å². The van der Waals surface area contributed by atoms with Crippen molar-refractivity contribution in [2.75, 3.05) is 19.8 Å². The molecule has 1 saturated carbocycles. The first-order valence-corrected chi connectivity index (χ1v) is 5.84. The van der Waals surface area contributed by atoms with Gasteiger partial charge in [0, 0.05) is 0 Å². The van der Waals surface area contributed by atoms with Gasteiger partial charge in [-0.25, -0.2) is 0 Å². The molecule has 0 atom stereocenters. The Bertz CT molecular complexity index is 214. The van der Waals surface area contributed by atoms with Crippen LogP contribution < -0.4 is 5.32 Å². The molecule has 80 valence electrons. The number of rotatable bonds is 0. The summed E-state index contributed by atoms with van der Waals surface area (Å²) in [7, 11) is 0. The predicted octanol–water partition coefficient (Wildman–Crippen LogP) is 1.43. The molecule has 2 spiro atoms. The van der Waals surface area contributed by atoms with E-state index >= 15 is 0 Å². The van der Waals surface area contributed by atoms with E-state index in [1.54, 1.807) is 0 Å². The topological polar surface area (TPSA) is 30.5 Å². The third kappa shape index (κ3) is 1.38. The molecule has 3 rings (SSSR count). The van der Waals surface area contributed by atoms with E-state index in [0.29, 0.717) is 0 Å². The van der Waals surface area contributed by atoms with Crippen LogP contribution in [0.3, 0.4) is 0 Å². The second-order valence-electron chi connectivity index (χ2n) is 5.05. The Morgan fingerprint density at radius 2 is 1.71 bits per heavy atom. The van der Waals surface area contributed by atoms with Gasteiger partial charge in [0.2, 0.25) is 0 Å². The molecule has 14 heavy (non-hydrogen) atoms. The van der Waals surface area contributed by atoms with Gasteiger partial charge in [0.05, 0.1) is 25.4 Å². The fourth-order valence-corrected chi connectivity index (χ4v) is 2.98. The molecule has 0 bridgehead atoms. The monoisotopic (exact) mass is 197 g/mol. The highest BCUT2D eigenvalue weighted by Gasteiger charge is 2.49. The molecule has 1 aliphatic carbocycles. The molecule has 3 aliphatic rings. The van der Waals surface area contributed by atoms with Crippen LogP contribution in [0.2, 0.25) is 0 Å². The standard InChI is InChI=1S/C11H19NO2/c1-2-4-11(5-3-1)12-10(6-7-14-11)8-13-9-10/h12H,1-9H2. The van der Waals surface area contributed by atoms with Crippen LogP contribution in [0.5, 0.6) is 0 Å². The lowest BCUT2D eigenvalue weighted by Crippen LogP contribution is -2.71. The number of hydrogen-bond donors (Lipinski definition) is 1. The SMILES string of the molecule is C1CCC2(CC1)NC1(CCO2)COC1. The van der Waals surface area contributed by atoms with Crippen molar-refractivity contribution in [3.05, 3.63) is 0 Å². The predicted molar refractivity (Wildman–Crippen MR) is 53.1 cm³/mol. The molecule has 0 aromatic heterocycles. The molecule has 2 saturated heterocycles. The molecule has 1 N–H and O–H groups in total. The molecule has 2 heterocycles. The van der Waals surface area contributed by atoms with Crippen LogP contribution in [-0.2, 0) is 9.47 Å². The van der Waals surface area contributed by atoms with E-state index in [9.17, 15) is 0 Å². The van der Waals surface area contributed by atoms with Crippen molar-refractivity contribution in [1.82, 2.24) is 5.32 Å². The van der Waals surface area contributed by atoms with Crippen LogP contribution in [0.4, 0.5) is 0 Å². The largest absolute Gasteiger partial charge is 0.377 e. The molecular formula is C11H19NO2. The maximum atomic E-state index is 5.97. The molecule has 0 aromatic carbocycles. The lowest BCUT2D eigenvalue weighted by Gasteiger charge is -2.54. The van der Waals surface area contributed by atoms with E-state index in [1.165, 1.54) is 32.1 Å². The first-order chi connectivity index (χ1) is 6.83. The molecule has 0 radical (unpaired) electrons. The van der Waals surface area contributed by atoms with Gasteiger partial charge in [-0.1, -0.05) is 6.42 Å². The Morgan fingerprint density at radius 3 is 2.36 bits per heavy atom. The molecule has 0 unspecified atom stereocenters. The van der Waals surface area contributed by atoms with E-state index in [0.717, 1.165) is 26.2 Å². The first-order valence-electron chi connectivity index (χ1n) is 5.84. The van der Waals surface area contributed by atoms with Crippen molar-refractivity contribution in [1.29, 1.82) is 0 Å². The van der Waals surface area contributed by atoms with E-state index in [1.807, 2.05) is 0 Å². The second kappa shape index (κ2) is 3.19. The van der Waals surface area contributed by atoms with E-state index < -0.39 is 0 Å². The lowest BCUT2D eigenvalue weighted by molar-refractivity contribution is -0.206. The molecule has 0 aromatic rings. The summed E-state index contributed by atoms with van der Waals surface area (Å²) in [6, 6.07) is 0. The smallest absolute Gasteiger partial charge is 0.119 e. The van der Waals surface area contributed by atoms with Crippen LogP contribution >= 0.6 is 0 Å². The van der Waals surface area contributed by atoms with Gasteiger partial charge in [0.1, 0.15) is 5.72 Å². The Hall–Kier alpha value is -0.120. The molecule has 3 nitrogen and oxygen atoms in total. The summed E-state index contributed by atoms with van der Waals surface area (Å²) < 4.78 is 11.3. The van der Waals surface area contributed by atoms with Crippen LogP contribution in [-0.4, -0.2) is 31.1 Å². The summed E-state index contributed by atoms with van der Waals surface area (Å²) >= 11 is 0. The molecule has 3 heteroatoms. The highest BCUT2D eigenvalue weighted by Crippen LogP contribution is 2.37. The summed E-state index contributed by atoms with van der Waals surface area (Å²) in [6.07, 6.45) is 7.49. The maximum absolute atomic E-state index is 5.97. The zero-order valence-electron chi connectivity index (χ0n) is 8.68. The fourth-order valence-electron chi connectivity index (χ4n) is 2.98. The molecule has 3 fully saturated rings. The minimum Gasteiger partial charge on any atom is -0.377 e. The summed E-state index contributed by atoms with van der Waals surface area (Å²) in [4.78, 5) is 0. The Kier molecular flexibility index (Phi) is 2.08. The van der Waals surface area contributed by atoms with Crippen LogP contribution in [0.25, 0.3) is 0 Å². The van der Waals surface area contributed by atoms with Crippen LogP contribution in [0.1, 0.15) is 38.5 Å². The van der Waals surface area contributed by atoms with Gasteiger partial charge in [-0.3, -0.25) is 5.32 Å². The highest BCUT2D eigenvalue weighted by molar-refractivity contribution is 5.02. The van der Waals surface area contributed by atoms with Crippen LogP contribution in [0, 0.1) is 0 Å². The minimum absolute atomic E-state index is 0.0142. The number of hydrogen-bond acceptors (Lipinski definition) is 3. The van der Waals surface area contributed by atoms with Crippen molar-refractivity contribution in [3.8, 4) is 0 Å².